The molecule has 0 amide bonds. The van der Waals surface area contributed by atoms with Gasteiger partial charge >= 0.3 is 0 Å². The maximum absolute atomic E-state index is 5.41. The molecule has 0 fully saturated rings. The number of anilines is 1. The molecule has 0 aliphatic carbocycles. The van der Waals surface area contributed by atoms with Crippen molar-refractivity contribution in [1.82, 2.24) is 9.97 Å². The highest BCUT2D eigenvalue weighted by atomic mass is 32.1. The summed E-state index contributed by atoms with van der Waals surface area (Å²) in [5, 5.41) is 0.924. The maximum Gasteiger partial charge on any atom is 0.190 e. The summed E-state index contributed by atoms with van der Waals surface area (Å²) in [6.45, 7) is 15.4. The van der Waals surface area contributed by atoms with E-state index < -0.39 is 8.07 Å². The number of hydrogen-bond acceptors (Lipinski definition) is 5. The van der Waals surface area contributed by atoms with E-state index >= 15 is 0 Å². The molecule has 138 valence electrons. The summed E-state index contributed by atoms with van der Waals surface area (Å²) < 4.78 is 0.610. The minimum atomic E-state index is -1.37. The lowest BCUT2D eigenvalue weighted by atomic mass is 10.1. The first kappa shape index (κ1) is 20.8. The second-order valence-electron chi connectivity index (χ2n) is 7.87. The standard InChI is InChI=1S/C20H27N3S2Si/c1-14(2)23(15(3)4)19-21-18(22-20(24)25-19)17-10-8-16(9-11-17)12-13-26(5,6)7/h8-11,14-15H,1-7H3. The Kier molecular flexibility index (Phi) is 6.73. The van der Waals surface area contributed by atoms with Crippen LogP contribution in [0.5, 0.6) is 0 Å². The van der Waals surface area contributed by atoms with E-state index in [9.17, 15) is 0 Å². The van der Waals surface area contributed by atoms with Crippen LogP contribution in [0, 0.1) is 15.4 Å². The fourth-order valence-electron chi connectivity index (χ4n) is 2.57. The number of aromatic nitrogens is 2. The summed E-state index contributed by atoms with van der Waals surface area (Å²) in [6.07, 6.45) is 0. The third-order valence-corrected chi connectivity index (χ3v) is 5.60. The van der Waals surface area contributed by atoms with Gasteiger partial charge in [0.2, 0.25) is 0 Å². The number of benzene rings is 1. The third-order valence-electron chi connectivity index (χ3n) is 3.64. The quantitative estimate of drug-likeness (QED) is 0.368. The minimum absolute atomic E-state index is 0.350. The van der Waals surface area contributed by atoms with Crippen molar-refractivity contribution < 1.29 is 0 Å². The molecule has 0 unspecified atom stereocenters. The molecule has 0 spiro atoms. The summed E-state index contributed by atoms with van der Waals surface area (Å²) >= 11 is 6.88. The lowest BCUT2D eigenvalue weighted by Crippen LogP contribution is -2.37. The van der Waals surface area contributed by atoms with Crippen LogP contribution in [0.3, 0.4) is 0 Å². The van der Waals surface area contributed by atoms with Crippen LogP contribution in [0.15, 0.2) is 24.3 Å². The predicted octanol–water partition coefficient (Wildman–Crippen LogP) is 5.79. The van der Waals surface area contributed by atoms with Crippen molar-refractivity contribution >= 4 is 36.8 Å². The van der Waals surface area contributed by atoms with E-state index in [1.807, 2.05) is 24.3 Å². The normalized spacial score (nSPS) is 11.4. The van der Waals surface area contributed by atoms with Gasteiger partial charge in [0.15, 0.2) is 14.9 Å². The van der Waals surface area contributed by atoms with Gasteiger partial charge in [-0.3, -0.25) is 0 Å². The molecule has 26 heavy (non-hydrogen) atoms. The molecule has 0 N–H and O–H groups in total. The van der Waals surface area contributed by atoms with Crippen molar-refractivity contribution in [3.63, 3.8) is 0 Å². The van der Waals surface area contributed by atoms with Gasteiger partial charge in [-0.15, -0.1) is 5.54 Å². The first-order valence-corrected chi connectivity index (χ1v) is 13.6. The number of rotatable bonds is 4. The van der Waals surface area contributed by atoms with Crippen molar-refractivity contribution in [2.45, 2.75) is 59.4 Å². The van der Waals surface area contributed by atoms with Gasteiger partial charge in [-0.25, -0.2) is 9.97 Å². The van der Waals surface area contributed by atoms with Gasteiger partial charge in [0.05, 0.1) is 0 Å². The average Bonchev–Trinajstić information content (AvgIpc) is 2.51. The Hall–Kier alpha value is -1.55. The fraction of sp³-hybridized carbons (Fsp3) is 0.450. The molecule has 0 atom stereocenters. The van der Waals surface area contributed by atoms with E-state index in [2.05, 4.69) is 68.7 Å². The van der Waals surface area contributed by atoms with Crippen LogP contribution >= 0.6 is 23.6 Å². The van der Waals surface area contributed by atoms with Gasteiger partial charge in [-0.05, 0) is 64.2 Å². The zero-order valence-electron chi connectivity index (χ0n) is 16.6. The summed E-state index contributed by atoms with van der Waals surface area (Å²) in [7, 11) is -1.37. The average molecular weight is 402 g/mol. The van der Waals surface area contributed by atoms with E-state index in [0.717, 1.165) is 16.3 Å². The summed E-state index contributed by atoms with van der Waals surface area (Å²) in [5.74, 6) is 3.96. The van der Waals surface area contributed by atoms with Crippen LogP contribution in [-0.2, 0) is 0 Å². The van der Waals surface area contributed by atoms with Crippen LogP contribution in [0.1, 0.15) is 33.3 Å². The summed E-state index contributed by atoms with van der Waals surface area (Å²) in [5.41, 5.74) is 5.39. The van der Waals surface area contributed by atoms with Crippen LogP contribution in [0.4, 0.5) is 5.13 Å². The van der Waals surface area contributed by atoms with Gasteiger partial charge in [-0.1, -0.05) is 36.9 Å². The van der Waals surface area contributed by atoms with Gasteiger partial charge < -0.3 is 4.90 Å². The van der Waals surface area contributed by atoms with Gasteiger partial charge in [0.25, 0.3) is 0 Å². The van der Waals surface area contributed by atoms with Crippen molar-refractivity contribution in [2.24, 2.45) is 0 Å². The Morgan fingerprint density at radius 1 is 1.00 bits per heavy atom. The lowest BCUT2D eigenvalue weighted by Gasteiger charge is -2.31. The molecule has 1 aromatic heterocycles. The lowest BCUT2D eigenvalue weighted by molar-refractivity contribution is 0.605. The SMILES string of the molecule is CC(C)N(c1nc(-c2ccc(C#C[Si](C)(C)C)cc2)nc(=S)s1)C(C)C. The first-order valence-electron chi connectivity index (χ1n) is 8.88. The van der Waals surface area contributed by atoms with Crippen LogP contribution in [0.25, 0.3) is 11.4 Å². The maximum atomic E-state index is 5.41. The smallest absolute Gasteiger partial charge is 0.190 e. The van der Waals surface area contributed by atoms with Crippen LogP contribution in [0.2, 0.25) is 19.6 Å². The molecule has 0 bridgehead atoms. The summed E-state index contributed by atoms with van der Waals surface area (Å²) in [4.78, 5) is 11.6. The van der Waals surface area contributed by atoms with Gasteiger partial charge in [0, 0.05) is 23.2 Å². The topological polar surface area (TPSA) is 29.0 Å². The van der Waals surface area contributed by atoms with Crippen LogP contribution < -0.4 is 4.90 Å². The minimum Gasteiger partial charge on any atom is -0.343 e. The van der Waals surface area contributed by atoms with Crippen molar-refractivity contribution in [3.8, 4) is 22.9 Å². The van der Waals surface area contributed by atoms with Crippen LogP contribution in [-0.4, -0.2) is 30.1 Å². The molecular weight excluding hydrogens is 374 g/mol. The molecule has 0 aliphatic rings. The Balaban J connectivity index is 2.40. The highest BCUT2D eigenvalue weighted by Gasteiger charge is 2.18. The monoisotopic (exact) mass is 401 g/mol. The van der Waals surface area contributed by atoms with E-state index in [4.69, 9.17) is 17.2 Å². The zero-order valence-corrected chi connectivity index (χ0v) is 19.3. The van der Waals surface area contributed by atoms with Gasteiger partial charge in [-0.2, -0.15) is 0 Å². The van der Waals surface area contributed by atoms with E-state index in [1.54, 1.807) is 0 Å². The Bertz CT molecular complexity index is 861. The highest BCUT2D eigenvalue weighted by Crippen LogP contribution is 2.26. The molecule has 0 saturated heterocycles. The molecule has 1 aromatic carbocycles. The fourth-order valence-corrected chi connectivity index (χ4v) is 4.34. The Morgan fingerprint density at radius 2 is 1.58 bits per heavy atom. The first-order chi connectivity index (χ1) is 12.1. The van der Waals surface area contributed by atoms with Crippen molar-refractivity contribution in [3.05, 3.63) is 33.8 Å². The van der Waals surface area contributed by atoms with E-state index in [1.165, 1.54) is 11.3 Å². The largest absolute Gasteiger partial charge is 0.343 e. The molecule has 2 rings (SSSR count). The molecule has 3 nitrogen and oxygen atoms in total. The Labute approximate surface area is 167 Å². The van der Waals surface area contributed by atoms with E-state index in [0.29, 0.717) is 21.9 Å². The molecule has 2 aromatic rings. The predicted molar refractivity (Wildman–Crippen MR) is 119 cm³/mol. The molecule has 1 heterocycles. The van der Waals surface area contributed by atoms with Crippen molar-refractivity contribution in [1.29, 1.82) is 0 Å². The third kappa shape index (κ3) is 5.73. The highest BCUT2D eigenvalue weighted by molar-refractivity contribution is 7.73. The molecule has 0 radical (unpaired) electrons. The van der Waals surface area contributed by atoms with Gasteiger partial charge in [0.1, 0.15) is 8.07 Å². The van der Waals surface area contributed by atoms with Crippen molar-refractivity contribution in [2.75, 3.05) is 4.90 Å². The molecular formula is C20H27N3S2Si. The summed E-state index contributed by atoms with van der Waals surface area (Å²) in [6, 6.07) is 8.83. The second-order valence-corrected chi connectivity index (χ2v) is 14.2. The molecule has 6 heteroatoms. The number of hydrogen-bond donors (Lipinski definition) is 0. The second kappa shape index (κ2) is 8.42. The Morgan fingerprint density at radius 3 is 2.08 bits per heavy atom. The van der Waals surface area contributed by atoms with E-state index in [-0.39, 0.29) is 0 Å². The number of nitrogens with zero attached hydrogens (tertiary/aromatic N) is 3. The zero-order chi connectivity index (χ0) is 19.5. The molecule has 0 aliphatic heterocycles. The molecule has 0 saturated carbocycles.